The van der Waals surface area contributed by atoms with Crippen LogP contribution < -0.4 is 0 Å². The molecule has 4 atom stereocenters. The van der Waals surface area contributed by atoms with Gasteiger partial charge in [0.15, 0.2) is 0 Å². The molecule has 2 aliphatic rings. The standard InChI is InChI=1S/C13H22/c1-3-5-6-13-11-8-7-10(9-11)12(13)4-2/h3,10-13H,1,4-9H2,2H3/t10-,11+,12+,13-/m0/s1. The van der Waals surface area contributed by atoms with Crippen molar-refractivity contribution in [2.24, 2.45) is 23.7 Å². The topological polar surface area (TPSA) is 0 Å². The minimum atomic E-state index is 1.06. The first kappa shape index (κ1) is 9.30. The average Bonchev–Trinajstić information content (AvgIpc) is 2.73. The molecule has 2 rings (SSSR count). The first-order valence-corrected chi connectivity index (χ1v) is 5.97. The van der Waals surface area contributed by atoms with Crippen molar-refractivity contribution in [1.29, 1.82) is 0 Å². The minimum Gasteiger partial charge on any atom is -0.103 e. The van der Waals surface area contributed by atoms with Gasteiger partial charge in [-0.15, -0.1) is 6.58 Å². The number of hydrogen-bond acceptors (Lipinski definition) is 0. The van der Waals surface area contributed by atoms with Gasteiger partial charge in [0.25, 0.3) is 0 Å². The van der Waals surface area contributed by atoms with E-state index < -0.39 is 0 Å². The largest absolute Gasteiger partial charge is 0.103 e. The van der Waals surface area contributed by atoms with Crippen LogP contribution in [-0.2, 0) is 0 Å². The van der Waals surface area contributed by atoms with E-state index in [4.69, 9.17) is 0 Å². The molecule has 13 heavy (non-hydrogen) atoms. The molecule has 0 heterocycles. The molecule has 0 N–H and O–H groups in total. The van der Waals surface area contributed by atoms with Crippen LogP contribution >= 0.6 is 0 Å². The Morgan fingerprint density at radius 3 is 2.54 bits per heavy atom. The minimum absolute atomic E-state index is 1.06. The van der Waals surface area contributed by atoms with Gasteiger partial charge in [-0.05, 0) is 55.8 Å². The zero-order valence-electron chi connectivity index (χ0n) is 8.84. The van der Waals surface area contributed by atoms with E-state index in [1.807, 2.05) is 0 Å². The van der Waals surface area contributed by atoms with Crippen molar-refractivity contribution in [3.63, 3.8) is 0 Å². The molecular weight excluding hydrogens is 156 g/mol. The van der Waals surface area contributed by atoms with Gasteiger partial charge in [0.2, 0.25) is 0 Å². The van der Waals surface area contributed by atoms with Gasteiger partial charge in [0.1, 0.15) is 0 Å². The van der Waals surface area contributed by atoms with Gasteiger partial charge >= 0.3 is 0 Å². The lowest BCUT2D eigenvalue weighted by molar-refractivity contribution is 0.204. The van der Waals surface area contributed by atoms with Gasteiger partial charge in [-0.3, -0.25) is 0 Å². The molecule has 0 aromatic carbocycles. The maximum atomic E-state index is 3.83. The van der Waals surface area contributed by atoms with Gasteiger partial charge in [-0.2, -0.15) is 0 Å². The molecule has 2 aliphatic carbocycles. The smallest absolute Gasteiger partial charge is 0.0351 e. The second-order valence-corrected chi connectivity index (χ2v) is 4.94. The zero-order valence-corrected chi connectivity index (χ0v) is 8.84. The van der Waals surface area contributed by atoms with Gasteiger partial charge in [0, 0.05) is 0 Å². The third-order valence-corrected chi connectivity index (χ3v) is 4.45. The molecule has 0 saturated heterocycles. The number of allylic oxidation sites excluding steroid dienone is 1. The van der Waals surface area contributed by atoms with E-state index in [-0.39, 0.29) is 0 Å². The maximum Gasteiger partial charge on any atom is -0.0351 e. The molecule has 0 heteroatoms. The van der Waals surface area contributed by atoms with E-state index in [0.29, 0.717) is 0 Å². The van der Waals surface area contributed by atoms with E-state index in [9.17, 15) is 0 Å². The van der Waals surface area contributed by atoms with Crippen molar-refractivity contribution in [1.82, 2.24) is 0 Å². The summed E-state index contributed by atoms with van der Waals surface area (Å²) in [6, 6.07) is 0. The average molecular weight is 178 g/mol. The lowest BCUT2D eigenvalue weighted by Crippen LogP contribution is -2.21. The highest BCUT2D eigenvalue weighted by Crippen LogP contribution is 2.54. The zero-order chi connectivity index (χ0) is 9.26. The van der Waals surface area contributed by atoms with Gasteiger partial charge in [-0.25, -0.2) is 0 Å². The third kappa shape index (κ3) is 1.56. The van der Waals surface area contributed by atoms with Gasteiger partial charge in [-0.1, -0.05) is 19.4 Å². The Morgan fingerprint density at radius 2 is 1.92 bits per heavy atom. The van der Waals surface area contributed by atoms with E-state index in [2.05, 4.69) is 19.6 Å². The third-order valence-electron chi connectivity index (χ3n) is 4.45. The lowest BCUT2D eigenvalue weighted by atomic mass is 9.76. The SMILES string of the molecule is C=CCC[C@H]1[C@@H]2CC[C@@H](C2)[C@H]1CC. The highest BCUT2D eigenvalue weighted by Gasteiger charge is 2.45. The summed E-state index contributed by atoms with van der Waals surface area (Å²) in [6.45, 7) is 6.22. The molecule has 0 nitrogen and oxygen atoms in total. The summed E-state index contributed by atoms with van der Waals surface area (Å²) < 4.78 is 0. The number of rotatable bonds is 4. The summed E-state index contributed by atoms with van der Waals surface area (Å²) in [5.74, 6) is 4.32. The Hall–Kier alpha value is -0.260. The number of hydrogen-bond donors (Lipinski definition) is 0. The summed E-state index contributed by atoms with van der Waals surface area (Å²) in [5, 5.41) is 0. The van der Waals surface area contributed by atoms with Crippen LogP contribution in [0.4, 0.5) is 0 Å². The van der Waals surface area contributed by atoms with Gasteiger partial charge < -0.3 is 0 Å². The molecule has 2 bridgehead atoms. The van der Waals surface area contributed by atoms with Crippen molar-refractivity contribution in [2.75, 3.05) is 0 Å². The van der Waals surface area contributed by atoms with Crippen LogP contribution in [0.25, 0.3) is 0 Å². The molecule has 0 aliphatic heterocycles. The van der Waals surface area contributed by atoms with Crippen LogP contribution in [0.2, 0.25) is 0 Å². The predicted molar refractivity (Wildman–Crippen MR) is 57.5 cm³/mol. The van der Waals surface area contributed by atoms with Crippen LogP contribution in [0.1, 0.15) is 45.4 Å². The summed E-state index contributed by atoms with van der Waals surface area (Å²) in [5.41, 5.74) is 0. The number of fused-ring (bicyclic) bond motifs is 2. The Morgan fingerprint density at radius 1 is 1.23 bits per heavy atom. The van der Waals surface area contributed by atoms with Crippen LogP contribution in [0.5, 0.6) is 0 Å². The first-order valence-electron chi connectivity index (χ1n) is 5.97. The monoisotopic (exact) mass is 178 g/mol. The van der Waals surface area contributed by atoms with E-state index in [0.717, 1.165) is 23.7 Å². The molecule has 0 aromatic heterocycles. The highest BCUT2D eigenvalue weighted by molar-refractivity contribution is 4.96. The summed E-state index contributed by atoms with van der Waals surface area (Å²) >= 11 is 0. The highest BCUT2D eigenvalue weighted by atomic mass is 14.5. The van der Waals surface area contributed by atoms with E-state index in [1.165, 1.54) is 32.1 Å². The Kier molecular flexibility index (Phi) is 2.76. The fraction of sp³-hybridized carbons (Fsp3) is 0.846. The van der Waals surface area contributed by atoms with Crippen molar-refractivity contribution in [2.45, 2.75) is 45.4 Å². The summed E-state index contributed by atoms with van der Waals surface area (Å²) in [6.07, 6.45) is 10.8. The summed E-state index contributed by atoms with van der Waals surface area (Å²) in [4.78, 5) is 0. The molecule has 2 fully saturated rings. The fourth-order valence-electron chi connectivity index (χ4n) is 3.93. The van der Waals surface area contributed by atoms with Crippen molar-refractivity contribution < 1.29 is 0 Å². The molecule has 0 unspecified atom stereocenters. The van der Waals surface area contributed by atoms with Crippen molar-refractivity contribution in [3.8, 4) is 0 Å². The quantitative estimate of drug-likeness (QED) is 0.570. The Bertz CT molecular complexity index is 182. The molecular formula is C13H22. The van der Waals surface area contributed by atoms with Crippen molar-refractivity contribution >= 4 is 0 Å². The van der Waals surface area contributed by atoms with Crippen LogP contribution in [-0.4, -0.2) is 0 Å². The Balaban J connectivity index is 1.96. The van der Waals surface area contributed by atoms with Crippen LogP contribution in [0.15, 0.2) is 12.7 Å². The molecule has 74 valence electrons. The maximum absolute atomic E-state index is 3.83. The molecule has 0 spiro atoms. The fourth-order valence-corrected chi connectivity index (χ4v) is 3.93. The Labute approximate surface area is 82.4 Å². The van der Waals surface area contributed by atoms with E-state index in [1.54, 1.807) is 6.42 Å². The summed E-state index contributed by atoms with van der Waals surface area (Å²) in [7, 11) is 0. The molecule has 0 amide bonds. The molecule has 0 radical (unpaired) electrons. The van der Waals surface area contributed by atoms with Gasteiger partial charge in [0.05, 0.1) is 0 Å². The lowest BCUT2D eigenvalue weighted by Gasteiger charge is -2.30. The molecule has 0 aromatic rings. The normalized spacial score (nSPS) is 42.5. The second-order valence-electron chi connectivity index (χ2n) is 4.94. The molecule has 2 saturated carbocycles. The first-order chi connectivity index (χ1) is 6.36. The van der Waals surface area contributed by atoms with Crippen molar-refractivity contribution in [3.05, 3.63) is 12.7 Å². The second kappa shape index (κ2) is 3.86. The van der Waals surface area contributed by atoms with Crippen LogP contribution in [0.3, 0.4) is 0 Å². The van der Waals surface area contributed by atoms with Crippen LogP contribution in [0, 0.1) is 23.7 Å². The predicted octanol–water partition coefficient (Wildman–Crippen LogP) is 4.02. The van der Waals surface area contributed by atoms with E-state index >= 15 is 0 Å².